The van der Waals surface area contributed by atoms with Gasteiger partial charge >= 0.3 is 0 Å². The first-order chi connectivity index (χ1) is 13.3. The third-order valence-electron chi connectivity index (χ3n) is 5.73. The molecule has 0 spiro atoms. The predicted octanol–water partition coefficient (Wildman–Crippen LogP) is 4.77. The molecule has 1 aliphatic rings. The Morgan fingerprint density at radius 2 is 1.44 bits per heavy atom. The highest BCUT2D eigenvalue weighted by molar-refractivity contribution is 5.81. The number of nitrogens with one attached hydrogen (secondary N) is 1. The quantitative estimate of drug-likeness (QED) is 0.731. The fraction of sp³-hybridized carbons (Fsp3) is 0.458. The van der Waals surface area contributed by atoms with Crippen molar-refractivity contribution in [1.82, 2.24) is 10.2 Å². The van der Waals surface area contributed by atoms with Crippen molar-refractivity contribution < 1.29 is 4.79 Å². The number of hydrogen-bond donors (Lipinski definition) is 1. The second-order valence-electron chi connectivity index (χ2n) is 7.75. The van der Waals surface area contributed by atoms with Crippen LogP contribution in [0.1, 0.15) is 49.7 Å². The van der Waals surface area contributed by atoms with E-state index in [0.29, 0.717) is 5.92 Å². The first-order valence-corrected chi connectivity index (χ1v) is 10.3. The largest absolute Gasteiger partial charge is 0.358 e. The van der Waals surface area contributed by atoms with Crippen LogP contribution in [0.2, 0.25) is 0 Å². The average molecular weight is 365 g/mol. The van der Waals surface area contributed by atoms with E-state index in [9.17, 15) is 4.79 Å². The molecule has 1 aliphatic carbocycles. The van der Waals surface area contributed by atoms with Crippen molar-refractivity contribution in [2.45, 2.75) is 57.7 Å². The zero-order valence-corrected chi connectivity index (χ0v) is 16.4. The lowest BCUT2D eigenvalue weighted by molar-refractivity contribution is -0.127. The van der Waals surface area contributed by atoms with Crippen LogP contribution < -0.4 is 5.32 Å². The molecule has 1 saturated carbocycles. The molecule has 1 amide bonds. The Kier molecular flexibility index (Phi) is 7.46. The van der Waals surface area contributed by atoms with E-state index < -0.39 is 0 Å². The molecule has 1 fully saturated rings. The molecule has 1 atom stereocenters. The summed E-state index contributed by atoms with van der Waals surface area (Å²) in [5, 5.41) is 2.93. The summed E-state index contributed by atoms with van der Waals surface area (Å²) in [7, 11) is 1.76. The zero-order chi connectivity index (χ0) is 18.9. The monoisotopic (exact) mass is 364 g/mol. The maximum absolute atomic E-state index is 12.9. The van der Waals surface area contributed by atoms with Gasteiger partial charge in [-0.1, -0.05) is 92.8 Å². The Balaban J connectivity index is 1.82. The molecule has 3 rings (SSSR count). The summed E-state index contributed by atoms with van der Waals surface area (Å²) in [6, 6.07) is 20.9. The topological polar surface area (TPSA) is 32.3 Å². The van der Waals surface area contributed by atoms with Gasteiger partial charge in [0.25, 0.3) is 0 Å². The smallest absolute Gasteiger partial charge is 0.237 e. The minimum Gasteiger partial charge on any atom is -0.358 e. The lowest BCUT2D eigenvalue weighted by Crippen LogP contribution is -2.46. The molecule has 27 heavy (non-hydrogen) atoms. The van der Waals surface area contributed by atoms with Crippen LogP contribution in [0.4, 0.5) is 0 Å². The third-order valence-corrected chi connectivity index (χ3v) is 5.73. The molecule has 0 aliphatic heterocycles. The van der Waals surface area contributed by atoms with Gasteiger partial charge in [-0.05, 0) is 23.5 Å². The van der Waals surface area contributed by atoms with Crippen molar-refractivity contribution in [1.29, 1.82) is 0 Å². The van der Waals surface area contributed by atoms with E-state index in [1.807, 2.05) is 12.1 Å². The first-order valence-electron chi connectivity index (χ1n) is 10.3. The summed E-state index contributed by atoms with van der Waals surface area (Å²) in [6.45, 7) is 1.58. The van der Waals surface area contributed by atoms with Crippen LogP contribution in [0.25, 0.3) is 0 Å². The predicted molar refractivity (Wildman–Crippen MR) is 111 cm³/mol. The van der Waals surface area contributed by atoms with Gasteiger partial charge in [0.05, 0.1) is 6.04 Å². The number of nitrogens with zero attached hydrogens (tertiary/aromatic N) is 1. The van der Waals surface area contributed by atoms with E-state index in [2.05, 4.69) is 58.7 Å². The molecule has 2 aromatic carbocycles. The van der Waals surface area contributed by atoms with Crippen molar-refractivity contribution >= 4 is 5.91 Å². The van der Waals surface area contributed by atoms with E-state index in [1.165, 1.54) is 43.2 Å². The van der Waals surface area contributed by atoms with Gasteiger partial charge in [0, 0.05) is 20.1 Å². The van der Waals surface area contributed by atoms with Crippen molar-refractivity contribution in [2.24, 2.45) is 5.92 Å². The number of benzene rings is 2. The maximum atomic E-state index is 12.9. The molecular formula is C24H32N2O. The highest BCUT2D eigenvalue weighted by Gasteiger charge is 2.29. The Labute approximate surface area is 163 Å². The highest BCUT2D eigenvalue weighted by Crippen LogP contribution is 2.29. The Morgan fingerprint density at radius 3 is 1.93 bits per heavy atom. The van der Waals surface area contributed by atoms with Crippen molar-refractivity contribution in [3.8, 4) is 0 Å². The first kappa shape index (κ1) is 19.6. The molecule has 0 heterocycles. The van der Waals surface area contributed by atoms with E-state index in [1.54, 1.807) is 7.05 Å². The number of amides is 1. The van der Waals surface area contributed by atoms with Crippen LogP contribution in [0.3, 0.4) is 0 Å². The van der Waals surface area contributed by atoms with Gasteiger partial charge in [-0.2, -0.15) is 0 Å². The van der Waals surface area contributed by atoms with Crippen molar-refractivity contribution in [3.63, 3.8) is 0 Å². The lowest BCUT2D eigenvalue weighted by atomic mass is 9.84. The van der Waals surface area contributed by atoms with Crippen LogP contribution in [0.5, 0.6) is 0 Å². The summed E-state index contributed by atoms with van der Waals surface area (Å²) in [6.07, 6.45) is 7.44. The Hall–Kier alpha value is -2.13. The van der Waals surface area contributed by atoms with Gasteiger partial charge in [0.2, 0.25) is 5.91 Å². The van der Waals surface area contributed by atoms with E-state index in [-0.39, 0.29) is 11.9 Å². The van der Waals surface area contributed by atoms with Crippen LogP contribution in [-0.2, 0) is 17.9 Å². The normalized spacial score (nSPS) is 16.2. The average Bonchev–Trinajstić information content (AvgIpc) is 2.73. The minimum atomic E-state index is -0.0847. The highest BCUT2D eigenvalue weighted by atomic mass is 16.2. The molecule has 144 valence electrons. The summed E-state index contributed by atoms with van der Waals surface area (Å²) < 4.78 is 0. The summed E-state index contributed by atoms with van der Waals surface area (Å²) in [5.41, 5.74) is 2.51. The van der Waals surface area contributed by atoms with Gasteiger partial charge < -0.3 is 5.32 Å². The molecule has 0 saturated heterocycles. The van der Waals surface area contributed by atoms with E-state index in [4.69, 9.17) is 0 Å². The van der Waals surface area contributed by atoms with Crippen LogP contribution in [0, 0.1) is 5.92 Å². The molecule has 3 nitrogen and oxygen atoms in total. The molecule has 0 radical (unpaired) electrons. The van der Waals surface area contributed by atoms with Gasteiger partial charge in [-0.15, -0.1) is 0 Å². The standard InChI is InChI=1S/C24H32N2O/c1-25-24(27)23(17-20-11-5-2-6-12-20)26(18-21-13-7-3-8-14-21)19-22-15-9-4-10-16-22/h3-4,7-10,13-16,20,23H,2,5-6,11-12,17-19H2,1H3,(H,25,27)/t23-/m0/s1. The second-order valence-corrected chi connectivity index (χ2v) is 7.75. The van der Waals surface area contributed by atoms with Crippen LogP contribution >= 0.6 is 0 Å². The number of likely N-dealkylation sites (N-methyl/N-ethyl adjacent to an activating group) is 1. The molecule has 0 bridgehead atoms. The van der Waals surface area contributed by atoms with Crippen LogP contribution in [-0.4, -0.2) is 23.9 Å². The van der Waals surface area contributed by atoms with Crippen molar-refractivity contribution in [3.05, 3.63) is 71.8 Å². The Morgan fingerprint density at radius 1 is 0.926 bits per heavy atom. The molecule has 1 N–H and O–H groups in total. The summed E-state index contributed by atoms with van der Waals surface area (Å²) >= 11 is 0. The fourth-order valence-electron chi connectivity index (χ4n) is 4.24. The Bertz CT molecular complexity index is 639. The molecule has 0 aromatic heterocycles. The number of carbonyl (C=O) groups excluding carboxylic acids is 1. The summed E-state index contributed by atoms with van der Waals surface area (Å²) in [5.74, 6) is 0.808. The minimum absolute atomic E-state index is 0.0847. The van der Waals surface area contributed by atoms with Gasteiger partial charge in [0.1, 0.15) is 0 Å². The second kappa shape index (κ2) is 10.3. The fourth-order valence-corrected chi connectivity index (χ4v) is 4.24. The maximum Gasteiger partial charge on any atom is 0.237 e. The molecular weight excluding hydrogens is 332 g/mol. The summed E-state index contributed by atoms with van der Waals surface area (Å²) in [4.78, 5) is 15.2. The lowest BCUT2D eigenvalue weighted by Gasteiger charge is -2.34. The van der Waals surface area contributed by atoms with Gasteiger partial charge in [0.15, 0.2) is 0 Å². The van der Waals surface area contributed by atoms with E-state index >= 15 is 0 Å². The molecule has 3 heteroatoms. The van der Waals surface area contributed by atoms with Crippen molar-refractivity contribution in [2.75, 3.05) is 7.05 Å². The number of carbonyl (C=O) groups is 1. The zero-order valence-electron chi connectivity index (χ0n) is 16.4. The SMILES string of the molecule is CNC(=O)[C@H](CC1CCCCC1)N(Cc1ccccc1)Cc1ccccc1. The van der Waals surface area contributed by atoms with E-state index in [0.717, 1.165) is 19.5 Å². The number of hydrogen-bond acceptors (Lipinski definition) is 2. The molecule has 2 aromatic rings. The molecule has 0 unspecified atom stereocenters. The number of rotatable bonds is 8. The van der Waals surface area contributed by atoms with Gasteiger partial charge in [-0.25, -0.2) is 0 Å². The van der Waals surface area contributed by atoms with Crippen LogP contribution in [0.15, 0.2) is 60.7 Å². The third kappa shape index (κ3) is 5.93. The van der Waals surface area contributed by atoms with Gasteiger partial charge in [-0.3, -0.25) is 9.69 Å².